The molecule has 0 radical (unpaired) electrons. The van der Waals surface area contributed by atoms with E-state index in [1.54, 1.807) is 0 Å². The lowest BCUT2D eigenvalue weighted by Crippen LogP contribution is -2.15. The fraction of sp³-hybridized carbons (Fsp3) is 0.500. The molecule has 3 heteroatoms. The number of imidazole rings is 1. The minimum Gasteiger partial charge on any atom is -0.325 e. The van der Waals surface area contributed by atoms with Crippen LogP contribution in [0, 0.1) is 12.8 Å². The van der Waals surface area contributed by atoms with E-state index in [9.17, 15) is 0 Å². The normalized spacial score (nSPS) is 12.0. The van der Waals surface area contributed by atoms with Gasteiger partial charge in [0.1, 0.15) is 0 Å². The van der Waals surface area contributed by atoms with E-state index >= 15 is 0 Å². The molecule has 114 valence electrons. The van der Waals surface area contributed by atoms with Crippen molar-refractivity contribution in [1.29, 1.82) is 0 Å². The molecular formula is C18H27N3. The van der Waals surface area contributed by atoms with Crippen molar-refractivity contribution in [2.24, 2.45) is 5.92 Å². The summed E-state index contributed by atoms with van der Waals surface area (Å²) in [5, 5.41) is 3.53. The topological polar surface area (TPSA) is 29.9 Å². The molecule has 0 aliphatic rings. The highest BCUT2D eigenvalue weighted by molar-refractivity contribution is 5.61. The summed E-state index contributed by atoms with van der Waals surface area (Å²) >= 11 is 0. The van der Waals surface area contributed by atoms with E-state index in [2.05, 4.69) is 79.9 Å². The first-order valence-corrected chi connectivity index (χ1v) is 7.67. The van der Waals surface area contributed by atoms with Crippen LogP contribution in [0.3, 0.4) is 0 Å². The summed E-state index contributed by atoms with van der Waals surface area (Å²) < 4.78 is 2.21. The molecule has 1 aromatic carbocycles. The Bertz CT molecular complexity index is 603. The van der Waals surface area contributed by atoms with E-state index in [0.717, 1.165) is 23.9 Å². The molecule has 0 spiro atoms. The summed E-state index contributed by atoms with van der Waals surface area (Å²) in [5.41, 5.74) is 3.60. The first kappa shape index (κ1) is 15.6. The third kappa shape index (κ3) is 3.87. The highest BCUT2D eigenvalue weighted by Crippen LogP contribution is 2.31. The predicted octanol–water partition coefficient (Wildman–Crippen LogP) is 4.89. The second kappa shape index (κ2) is 5.92. The molecule has 0 unspecified atom stereocenters. The Morgan fingerprint density at radius 2 is 1.86 bits per heavy atom. The van der Waals surface area contributed by atoms with Gasteiger partial charge in [-0.2, -0.15) is 0 Å². The molecule has 0 amide bonds. The smallest absolute Gasteiger partial charge is 0.207 e. The van der Waals surface area contributed by atoms with Crippen LogP contribution in [0.4, 0.5) is 11.6 Å². The molecule has 0 aliphatic heterocycles. The van der Waals surface area contributed by atoms with Crippen LogP contribution in [0.1, 0.15) is 45.9 Å². The van der Waals surface area contributed by atoms with E-state index in [1.807, 2.05) is 6.92 Å². The Hall–Kier alpha value is -1.77. The SMILES string of the molecule is Cc1cn(CC(C)C)c(Nc2ccccc2C(C)(C)C)n1. The summed E-state index contributed by atoms with van der Waals surface area (Å²) in [6.07, 6.45) is 2.11. The summed E-state index contributed by atoms with van der Waals surface area (Å²) in [5.74, 6) is 1.52. The van der Waals surface area contributed by atoms with Gasteiger partial charge in [0.2, 0.25) is 5.95 Å². The number of benzene rings is 1. The molecule has 0 fully saturated rings. The molecular weight excluding hydrogens is 258 g/mol. The van der Waals surface area contributed by atoms with Crippen LogP contribution in [0.2, 0.25) is 0 Å². The molecule has 3 nitrogen and oxygen atoms in total. The summed E-state index contributed by atoms with van der Waals surface area (Å²) in [6, 6.07) is 8.48. The lowest BCUT2D eigenvalue weighted by Gasteiger charge is -2.23. The van der Waals surface area contributed by atoms with Gasteiger partial charge in [-0.15, -0.1) is 0 Å². The zero-order chi connectivity index (χ0) is 15.6. The van der Waals surface area contributed by atoms with Crippen molar-refractivity contribution in [2.45, 2.75) is 53.5 Å². The van der Waals surface area contributed by atoms with Gasteiger partial charge < -0.3 is 9.88 Å². The van der Waals surface area contributed by atoms with Crippen molar-refractivity contribution >= 4 is 11.6 Å². The van der Waals surface area contributed by atoms with Gasteiger partial charge in [0.25, 0.3) is 0 Å². The first-order valence-electron chi connectivity index (χ1n) is 7.67. The highest BCUT2D eigenvalue weighted by atomic mass is 15.2. The van der Waals surface area contributed by atoms with Crippen molar-refractivity contribution in [3.8, 4) is 0 Å². The predicted molar refractivity (Wildman–Crippen MR) is 90.2 cm³/mol. The van der Waals surface area contributed by atoms with Gasteiger partial charge in [0.15, 0.2) is 0 Å². The van der Waals surface area contributed by atoms with Gasteiger partial charge in [-0.1, -0.05) is 52.8 Å². The molecule has 21 heavy (non-hydrogen) atoms. The van der Waals surface area contributed by atoms with Crippen molar-refractivity contribution in [2.75, 3.05) is 5.32 Å². The number of nitrogens with zero attached hydrogens (tertiary/aromatic N) is 2. The van der Waals surface area contributed by atoms with Gasteiger partial charge in [0, 0.05) is 18.4 Å². The van der Waals surface area contributed by atoms with Crippen LogP contribution in [0.15, 0.2) is 30.5 Å². The van der Waals surface area contributed by atoms with E-state index in [1.165, 1.54) is 5.56 Å². The lowest BCUT2D eigenvalue weighted by atomic mass is 9.86. The Morgan fingerprint density at radius 1 is 1.19 bits per heavy atom. The third-order valence-electron chi connectivity index (χ3n) is 3.44. The second-order valence-electron chi connectivity index (χ2n) is 7.17. The van der Waals surface area contributed by atoms with Crippen molar-refractivity contribution in [3.63, 3.8) is 0 Å². The minimum atomic E-state index is 0.105. The molecule has 1 heterocycles. The number of aromatic nitrogens is 2. The number of nitrogens with one attached hydrogen (secondary N) is 1. The number of hydrogen-bond donors (Lipinski definition) is 1. The Balaban J connectivity index is 2.35. The van der Waals surface area contributed by atoms with Crippen molar-refractivity contribution < 1.29 is 0 Å². The molecule has 2 rings (SSSR count). The van der Waals surface area contributed by atoms with E-state index in [0.29, 0.717) is 5.92 Å². The maximum absolute atomic E-state index is 4.63. The minimum absolute atomic E-state index is 0.105. The standard InChI is InChI=1S/C18H27N3/c1-13(2)11-21-12-14(3)19-17(21)20-16-10-8-7-9-15(16)18(4,5)6/h7-10,12-13H,11H2,1-6H3,(H,19,20). The van der Waals surface area contributed by atoms with Crippen LogP contribution in [0.5, 0.6) is 0 Å². The zero-order valence-corrected chi connectivity index (χ0v) is 14.1. The Morgan fingerprint density at radius 3 is 2.48 bits per heavy atom. The average Bonchev–Trinajstić information content (AvgIpc) is 2.68. The molecule has 1 aromatic heterocycles. The molecule has 1 N–H and O–H groups in total. The number of aryl methyl sites for hydroxylation is 1. The van der Waals surface area contributed by atoms with Crippen LogP contribution in [0.25, 0.3) is 0 Å². The molecule has 2 aromatic rings. The monoisotopic (exact) mass is 285 g/mol. The summed E-state index contributed by atoms with van der Waals surface area (Å²) in [4.78, 5) is 4.63. The Labute approximate surface area is 128 Å². The van der Waals surface area contributed by atoms with E-state index in [4.69, 9.17) is 0 Å². The fourth-order valence-electron chi connectivity index (χ4n) is 2.55. The van der Waals surface area contributed by atoms with Gasteiger partial charge >= 0.3 is 0 Å². The molecule has 0 saturated heterocycles. The van der Waals surface area contributed by atoms with Crippen LogP contribution < -0.4 is 5.32 Å². The van der Waals surface area contributed by atoms with Crippen LogP contribution in [-0.4, -0.2) is 9.55 Å². The number of anilines is 2. The number of rotatable bonds is 4. The van der Waals surface area contributed by atoms with Crippen LogP contribution >= 0.6 is 0 Å². The molecule has 0 bridgehead atoms. The van der Waals surface area contributed by atoms with Crippen molar-refractivity contribution in [3.05, 3.63) is 41.7 Å². The Kier molecular flexibility index (Phi) is 4.40. The number of para-hydroxylation sites is 1. The average molecular weight is 285 g/mol. The van der Waals surface area contributed by atoms with Gasteiger partial charge in [-0.3, -0.25) is 0 Å². The molecule has 0 saturated carbocycles. The first-order chi connectivity index (χ1) is 9.77. The van der Waals surface area contributed by atoms with Gasteiger partial charge in [-0.05, 0) is 29.9 Å². The van der Waals surface area contributed by atoms with Crippen LogP contribution in [-0.2, 0) is 12.0 Å². The molecule has 0 aliphatic carbocycles. The van der Waals surface area contributed by atoms with Gasteiger partial charge in [0.05, 0.1) is 5.69 Å². The summed E-state index contributed by atoms with van der Waals surface area (Å²) in [7, 11) is 0. The molecule has 0 atom stereocenters. The van der Waals surface area contributed by atoms with Crippen molar-refractivity contribution in [1.82, 2.24) is 9.55 Å². The quantitative estimate of drug-likeness (QED) is 0.867. The summed E-state index contributed by atoms with van der Waals surface area (Å²) in [6.45, 7) is 14.2. The lowest BCUT2D eigenvalue weighted by molar-refractivity contribution is 0.527. The fourth-order valence-corrected chi connectivity index (χ4v) is 2.55. The maximum atomic E-state index is 4.63. The number of hydrogen-bond acceptors (Lipinski definition) is 2. The van der Waals surface area contributed by atoms with Gasteiger partial charge in [-0.25, -0.2) is 4.98 Å². The highest BCUT2D eigenvalue weighted by Gasteiger charge is 2.18. The van der Waals surface area contributed by atoms with E-state index in [-0.39, 0.29) is 5.41 Å². The maximum Gasteiger partial charge on any atom is 0.207 e. The van der Waals surface area contributed by atoms with E-state index < -0.39 is 0 Å². The third-order valence-corrected chi connectivity index (χ3v) is 3.44. The zero-order valence-electron chi connectivity index (χ0n) is 14.1. The largest absolute Gasteiger partial charge is 0.325 e. The second-order valence-corrected chi connectivity index (χ2v) is 7.17.